The summed E-state index contributed by atoms with van der Waals surface area (Å²) in [7, 11) is -3.72. The number of hydrogen-bond donors (Lipinski definition) is 1. The minimum atomic E-state index is -3.72. The van der Waals surface area contributed by atoms with Crippen LogP contribution in [0.3, 0.4) is 0 Å². The zero-order valence-electron chi connectivity index (χ0n) is 17.9. The van der Waals surface area contributed by atoms with Crippen molar-refractivity contribution in [3.05, 3.63) is 65.2 Å². The van der Waals surface area contributed by atoms with Gasteiger partial charge in [0, 0.05) is 50.6 Å². The van der Waals surface area contributed by atoms with Crippen molar-refractivity contribution < 1.29 is 18.0 Å². The summed E-state index contributed by atoms with van der Waals surface area (Å²) >= 11 is 5.85. The molecule has 1 saturated heterocycles. The second-order valence-electron chi connectivity index (χ2n) is 7.71. The SMILES string of the molecule is O=C(CCCc1ccccc1)N1CCN(C(=O)CCNS(=O)(=O)c2cccc(Cl)c2)CC1. The molecule has 1 N–H and O–H groups in total. The summed E-state index contributed by atoms with van der Waals surface area (Å²) in [6.45, 7) is 1.94. The van der Waals surface area contributed by atoms with Gasteiger partial charge in [0.1, 0.15) is 0 Å². The lowest BCUT2D eigenvalue weighted by atomic mass is 10.1. The fourth-order valence-corrected chi connectivity index (χ4v) is 4.95. The maximum atomic E-state index is 12.4. The predicted molar refractivity (Wildman–Crippen MR) is 124 cm³/mol. The summed E-state index contributed by atoms with van der Waals surface area (Å²) in [4.78, 5) is 28.4. The average Bonchev–Trinajstić information content (AvgIpc) is 2.79. The zero-order valence-corrected chi connectivity index (χ0v) is 19.4. The number of aryl methyl sites for hydroxylation is 1. The van der Waals surface area contributed by atoms with Crippen LogP contribution in [0.1, 0.15) is 24.8 Å². The highest BCUT2D eigenvalue weighted by molar-refractivity contribution is 7.89. The average molecular weight is 478 g/mol. The lowest BCUT2D eigenvalue weighted by Crippen LogP contribution is -2.51. The topological polar surface area (TPSA) is 86.8 Å². The van der Waals surface area contributed by atoms with Crippen molar-refractivity contribution >= 4 is 33.4 Å². The molecule has 0 saturated carbocycles. The monoisotopic (exact) mass is 477 g/mol. The number of amides is 2. The van der Waals surface area contributed by atoms with E-state index in [9.17, 15) is 18.0 Å². The molecule has 1 aliphatic heterocycles. The number of halogens is 1. The maximum Gasteiger partial charge on any atom is 0.240 e. The summed E-state index contributed by atoms with van der Waals surface area (Å²) in [5.74, 6) is -0.0164. The van der Waals surface area contributed by atoms with Crippen molar-refractivity contribution in [3.8, 4) is 0 Å². The van der Waals surface area contributed by atoms with Crippen LogP contribution in [-0.4, -0.2) is 62.8 Å². The number of nitrogens with one attached hydrogen (secondary N) is 1. The van der Waals surface area contributed by atoms with Crippen LogP contribution < -0.4 is 4.72 Å². The van der Waals surface area contributed by atoms with Gasteiger partial charge in [-0.05, 0) is 36.6 Å². The first kappa shape index (κ1) is 24.2. The fraction of sp³-hybridized carbons (Fsp3) is 0.391. The second kappa shape index (κ2) is 11.4. The van der Waals surface area contributed by atoms with Crippen molar-refractivity contribution in [1.82, 2.24) is 14.5 Å². The molecule has 0 atom stereocenters. The first-order valence-electron chi connectivity index (χ1n) is 10.7. The third-order valence-electron chi connectivity index (χ3n) is 5.42. The van der Waals surface area contributed by atoms with E-state index in [0.29, 0.717) is 37.6 Å². The van der Waals surface area contributed by atoms with E-state index >= 15 is 0 Å². The Morgan fingerprint density at radius 1 is 0.875 bits per heavy atom. The third-order valence-corrected chi connectivity index (χ3v) is 7.12. The lowest BCUT2D eigenvalue weighted by Gasteiger charge is -2.35. The largest absolute Gasteiger partial charge is 0.339 e. The Kier molecular flexibility index (Phi) is 8.67. The highest BCUT2D eigenvalue weighted by atomic mass is 35.5. The van der Waals surface area contributed by atoms with Gasteiger partial charge in [-0.15, -0.1) is 0 Å². The van der Waals surface area contributed by atoms with Crippen LogP contribution >= 0.6 is 11.6 Å². The summed E-state index contributed by atoms with van der Waals surface area (Å²) < 4.78 is 27.0. The summed E-state index contributed by atoms with van der Waals surface area (Å²) in [6, 6.07) is 16.1. The fourth-order valence-electron chi connectivity index (χ4n) is 3.62. The van der Waals surface area contributed by atoms with Crippen molar-refractivity contribution in [2.45, 2.75) is 30.6 Å². The molecule has 1 heterocycles. The van der Waals surface area contributed by atoms with E-state index in [2.05, 4.69) is 16.9 Å². The Morgan fingerprint density at radius 2 is 1.50 bits per heavy atom. The van der Waals surface area contributed by atoms with Gasteiger partial charge in [-0.3, -0.25) is 9.59 Å². The second-order valence-corrected chi connectivity index (χ2v) is 9.91. The molecule has 2 aromatic rings. The standard InChI is InChI=1S/C23H28ClN3O4S/c24-20-9-5-10-21(18-20)32(30,31)25-13-12-23(29)27-16-14-26(15-17-27)22(28)11-4-8-19-6-2-1-3-7-19/h1-3,5-7,9-10,18,25H,4,8,11-17H2. The van der Waals surface area contributed by atoms with E-state index in [1.807, 2.05) is 18.2 Å². The smallest absolute Gasteiger partial charge is 0.240 e. The van der Waals surface area contributed by atoms with Crippen molar-refractivity contribution in [2.24, 2.45) is 0 Å². The normalized spacial score (nSPS) is 14.4. The molecule has 9 heteroatoms. The van der Waals surface area contributed by atoms with E-state index in [0.717, 1.165) is 12.8 Å². The summed E-state index contributed by atoms with van der Waals surface area (Å²) in [5, 5.41) is 0.330. The molecule has 0 unspecified atom stereocenters. The lowest BCUT2D eigenvalue weighted by molar-refractivity contribution is -0.139. The first-order valence-corrected chi connectivity index (χ1v) is 12.6. The Labute approximate surface area is 194 Å². The number of benzene rings is 2. The van der Waals surface area contributed by atoms with Crippen molar-refractivity contribution in [1.29, 1.82) is 0 Å². The molecule has 2 aromatic carbocycles. The minimum absolute atomic E-state index is 0.00626. The molecule has 0 aromatic heterocycles. The molecule has 3 rings (SSSR count). The van der Waals surface area contributed by atoms with Crippen molar-refractivity contribution in [2.75, 3.05) is 32.7 Å². The van der Waals surface area contributed by atoms with Crippen LogP contribution in [0.4, 0.5) is 0 Å². The van der Waals surface area contributed by atoms with Crippen LogP contribution in [0.2, 0.25) is 5.02 Å². The molecule has 0 bridgehead atoms. The van der Waals surface area contributed by atoms with E-state index in [4.69, 9.17) is 11.6 Å². The van der Waals surface area contributed by atoms with Gasteiger partial charge in [0.25, 0.3) is 0 Å². The Hall–Kier alpha value is -2.42. The van der Waals surface area contributed by atoms with Crippen LogP contribution in [0, 0.1) is 0 Å². The highest BCUT2D eigenvalue weighted by Gasteiger charge is 2.24. The molecular weight excluding hydrogens is 450 g/mol. The number of piperazine rings is 1. The number of sulfonamides is 1. The van der Waals surface area contributed by atoms with E-state index in [1.165, 1.54) is 17.7 Å². The molecule has 172 valence electrons. The number of hydrogen-bond acceptors (Lipinski definition) is 4. The molecule has 1 aliphatic rings. The Bertz CT molecular complexity index is 1020. The molecule has 0 radical (unpaired) electrons. The number of rotatable bonds is 9. The van der Waals surface area contributed by atoms with Gasteiger partial charge in [-0.1, -0.05) is 48.0 Å². The van der Waals surface area contributed by atoms with Gasteiger partial charge in [0.2, 0.25) is 21.8 Å². The van der Waals surface area contributed by atoms with Crippen LogP contribution in [0.5, 0.6) is 0 Å². The molecule has 0 aliphatic carbocycles. The molecule has 2 amide bonds. The van der Waals surface area contributed by atoms with E-state index in [1.54, 1.807) is 21.9 Å². The van der Waals surface area contributed by atoms with Gasteiger partial charge in [-0.25, -0.2) is 13.1 Å². The predicted octanol–water partition coefficient (Wildman–Crippen LogP) is 2.70. The maximum absolute atomic E-state index is 12.4. The van der Waals surface area contributed by atoms with Gasteiger partial charge >= 0.3 is 0 Å². The summed E-state index contributed by atoms with van der Waals surface area (Å²) in [6.07, 6.45) is 2.23. The first-order chi connectivity index (χ1) is 15.3. The third kappa shape index (κ3) is 7.05. The van der Waals surface area contributed by atoms with Crippen LogP contribution in [0.25, 0.3) is 0 Å². The quantitative estimate of drug-likeness (QED) is 0.601. The summed E-state index contributed by atoms with van der Waals surface area (Å²) in [5.41, 5.74) is 1.22. The van der Waals surface area contributed by atoms with Gasteiger partial charge in [0.05, 0.1) is 4.90 Å². The molecule has 32 heavy (non-hydrogen) atoms. The van der Waals surface area contributed by atoms with Crippen LogP contribution in [-0.2, 0) is 26.0 Å². The van der Waals surface area contributed by atoms with Crippen molar-refractivity contribution in [3.63, 3.8) is 0 Å². The van der Waals surface area contributed by atoms with E-state index < -0.39 is 10.0 Å². The van der Waals surface area contributed by atoms with Gasteiger partial charge in [0.15, 0.2) is 0 Å². The molecule has 1 fully saturated rings. The minimum Gasteiger partial charge on any atom is -0.339 e. The highest BCUT2D eigenvalue weighted by Crippen LogP contribution is 2.15. The molecule has 7 nitrogen and oxygen atoms in total. The molecule has 0 spiro atoms. The molecular formula is C23H28ClN3O4S. The number of carbonyl (C=O) groups excluding carboxylic acids is 2. The number of carbonyl (C=O) groups is 2. The van der Waals surface area contributed by atoms with Gasteiger partial charge < -0.3 is 9.80 Å². The van der Waals surface area contributed by atoms with E-state index in [-0.39, 0.29) is 29.7 Å². The Balaban J connectivity index is 1.36. The Morgan fingerprint density at radius 3 is 2.12 bits per heavy atom. The zero-order chi connectivity index (χ0) is 23.0. The number of nitrogens with zero attached hydrogens (tertiary/aromatic N) is 2. The van der Waals surface area contributed by atoms with Gasteiger partial charge in [-0.2, -0.15) is 0 Å². The van der Waals surface area contributed by atoms with Crippen LogP contribution in [0.15, 0.2) is 59.5 Å².